The van der Waals surface area contributed by atoms with E-state index in [-0.39, 0.29) is 17.7 Å². The third-order valence-electron chi connectivity index (χ3n) is 5.50. The third-order valence-corrected chi connectivity index (χ3v) is 5.50. The second-order valence-corrected chi connectivity index (χ2v) is 8.16. The van der Waals surface area contributed by atoms with Crippen LogP contribution in [0.2, 0.25) is 0 Å². The third kappa shape index (κ3) is 7.79. The Balaban J connectivity index is 1.46. The van der Waals surface area contributed by atoms with Gasteiger partial charge < -0.3 is 15.4 Å². The normalized spacial score (nSPS) is 14.4. The number of ether oxygens (including phenoxy) is 1. The monoisotopic (exact) mass is 491 g/mol. The fourth-order valence-corrected chi connectivity index (χ4v) is 3.53. The highest BCUT2D eigenvalue weighted by Gasteiger charge is 2.11. The van der Waals surface area contributed by atoms with E-state index < -0.39 is 0 Å². The summed E-state index contributed by atoms with van der Waals surface area (Å²) in [5.41, 5.74) is 3.04. The lowest BCUT2D eigenvalue weighted by atomic mass is 10.2. The molecule has 186 valence electrons. The van der Waals surface area contributed by atoms with Crippen LogP contribution in [0.15, 0.2) is 76.7 Å². The van der Waals surface area contributed by atoms with Crippen molar-refractivity contribution in [1.82, 2.24) is 10.2 Å². The number of anilines is 1. The van der Waals surface area contributed by atoms with E-state index in [0.29, 0.717) is 42.4 Å². The van der Waals surface area contributed by atoms with E-state index >= 15 is 0 Å². The summed E-state index contributed by atoms with van der Waals surface area (Å²) in [6, 6.07) is 16.8. The predicted octanol–water partition coefficient (Wildman–Crippen LogP) is 4.92. The Morgan fingerprint density at radius 2 is 1.44 bits per heavy atom. The Kier molecular flexibility index (Phi) is 8.85. The molecule has 0 unspecified atom stereocenters. The molecule has 1 aliphatic rings. The van der Waals surface area contributed by atoms with Gasteiger partial charge in [-0.1, -0.05) is 24.3 Å². The number of morpholine rings is 1. The maximum Gasteiger partial charge on any atom is 0.319 e. The van der Waals surface area contributed by atoms with Crippen LogP contribution in [-0.4, -0.2) is 62.8 Å². The molecule has 0 bridgehead atoms. The zero-order chi connectivity index (χ0) is 25.2. The average molecular weight is 492 g/mol. The number of hydrogen-bond donors (Lipinski definition) is 2. The summed E-state index contributed by atoms with van der Waals surface area (Å²) < 4.78 is 31.7. The van der Waals surface area contributed by atoms with Gasteiger partial charge in [-0.05, 0) is 53.6 Å². The van der Waals surface area contributed by atoms with Crippen molar-refractivity contribution in [1.29, 1.82) is 0 Å². The van der Waals surface area contributed by atoms with Crippen molar-refractivity contribution in [3.8, 4) is 0 Å². The van der Waals surface area contributed by atoms with Crippen molar-refractivity contribution in [2.75, 3.05) is 44.7 Å². The lowest BCUT2D eigenvalue weighted by molar-refractivity contribution is 0.0388. The lowest BCUT2D eigenvalue weighted by Gasteiger charge is -2.26. The van der Waals surface area contributed by atoms with Gasteiger partial charge in [-0.15, -0.1) is 0 Å². The van der Waals surface area contributed by atoms with Crippen LogP contribution in [0.25, 0.3) is 0 Å². The second-order valence-electron chi connectivity index (χ2n) is 8.16. The van der Waals surface area contributed by atoms with Gasteiger partial charge in [0.2, 0.25) is 0 Å². The highest BCUT2D eigenvalue weighted by Crippen LogP contribution is 2.31. The number of halogens is 2. The topological polar surface area (TPSA) is 78.3 Å². The fraction of sp³-hybridized carbons (Fsp3) is 0.222. The molecule has 1 aliphatic heterocycles. The van der Waals surface area contributed by atoms with Crippen LogP contribution in [0, 0.1) is 11.6 Å². The number of urea groups is 1. The number of aliphatic imine (C=N–C) groups is 2. The van der Waals surface area contributed by atoms with Crippen LogP contribution in [0.5, 0.6) is 0 Å². The van der Waals surface area contributed by atoms with Crippen LogP contribution in [0.4, 0.5) is 30.6 Å². The zero-order valence-corrected chi connectivity index (χ0v) is 19.7. The highest BCUT2D eigenvalue weighted by atomic mass is 19.1. The molecule has 1 fully saturated rings. The summed E-state index contributed by atoms with van der Waals surface area (Å²) in [5.74, 6) is -0.655. The molecule has 2 amide bonds. The van der Waals surface area contributed by atoms with E-state index in [2.05, 4.69) is 25.5 Å². The van der Waals surface area contributed by atoms with E-state index in [0.717, 1.165) is 25.2 Å². The second kappa shape index (κ2) is 12.7. The first-order chi connectivity index (χ1) is 17.5. The number of benzene rings is 3. The Hall–Kier alpha value is -3.95. The number of nitrogens with zero attached hydrogens (tertiary/aromatic N) is 3. The molecule has 7 nitrogen and oxygen atoms in total. The minimum atomic E-state index is -0.331. The molecule has 0 radical (unpaired) electrons. The summed E-state index contributed by atoms with van der Waals surface area (Å²) >= 11 is 0. The van der Waals surface area contributed by atoms with Crippen molar-refractivity contribution in [2.45, 2.75) is 0 Å². The summed E-state index contributed by atoms with van der Waals surface area (Å²) in [5, 5.41) is 5.68. The quantitative estimate of drug-likeness (QED) is 0.439. The fourth-order valence-electron chi connectivity index (χ4n) is 3.53. The number of rotatable bonds is 8. The minimum Gasteiger partial charge on any atom is -0.379 e. The standard InChI is InChI=1S/C27H27F2N5O2/c28-22-5-1-20(2-6-22)18-31-25-10-9-24(17-26(25)32-19-21-3-7-23(29)8-4-21)33-27(35)30-11-12-34-13-15-36-16-14-34/h1-10,17-19H,11-16H2,(H2,30,33,35)/b31-18+,32-19+. The molecule has 4 rings (SSSR count). The van der Waals surface area contributed by atoms with Gasteiger partial charge in [0, 0.05) is 44.3 Å². The Morgan fingerprint density at radius 1 is 0.861 bits per heavy atom. The molecule has 0 aromatic heterocycles. The molecule has 0 atom stereocenters. The van der Waals surface area contributed by atoms with Gasteiger partial charge in [0.15, 0.2) is 0 Å². The number of hydrogen-bond acceptors (Lipinski definition) is 5. The molecule has 0 saturated carbocycles. The van der Waals surface area contributed by atoms with E-state index in [1.807, 2.05) is 0 Å². The summed E-state index contributed by atoms with van der Waals surface area (Å²) in [7, 11) is 0. The van der Waals surface area contributed by atoms with Crippen molar-refractivity contribution >= 4 is 35.5 Å². The van der Waals surface area contributed by atoms with Crippen LogP contribution in [0.1, 0.15) is 11.1 Å². The lowest BCUT2D eigenvalue weighted by Crippen LogP contribution is -2.42. The van der Waals surface area contributed by atoms with Crippen molar-refractivity contribution < 1.29 is 18.3 Å². The van der Waals surface area contributed by atoms with Crippen LogP contribution < -0.4 is 10.6 Å². The van der Waals surface area contributed by atoms with Gasteiger partial charge >= 0.3 is 6.03 Å². The first-order valence-corrected chi connectivity index (χ1v) is 11.6. The summed E-state index contributed by atoms with van der Waals surface area (Å²) in [4.78, 5) is 23.6. The molecule has 9 heteroatoms. The first-order valence-electron chi connectivity index (χ1n) is 11.6. The molecule has 2 N–H and O–H groups in total. The van der Waals surface area contributed by atoms with Crippen molar-refractivity contribution in [3.05, 3.63) is 89.5 Å². The van der Waals surface area contributed by atoms with Crippen LogP contribution >= 0.6 is 0 Å². The number of carbonyl (C=O) groups excluding carboxylic acids is 1. The number of carbonyl (C=O) groups is 1. The van der Waals surface area contributed by atoms with Crippen molar-refractivity contribution in [2.24, 2.45) is 9.98 Å². The molecule has 1 saturated heterocycles. The largest absolute Gasteiger partial charge is 0.379 e. The molecule has 3 aromatic rings. The maximum absolute atomic E-state index is 13.2. The van der Waals surface area contributed by atoms with E-state index in [1.165, 1.54) is 24.3 Å². The maximum atomic E-state index is 13.2. The van der Waals surface area contributed by atoms with Gasteiger partial charge in [-0.25, -0.2) is 13.6 Å². The SMILES string of the molecule is O=C(NCCN1CCOCC1)Nc1ccc(/N=C/c2ccc(F)cc2)c(/N=C/c2ccc(F)cc2)c1. The summed E-state index contributed by atoms with van der Waals surface area (Å²) in [6.07, 6.45) is 3.20. The molecular formula is C27H27F2N5O2. The average Bonchev–Trinajstić information content (AvgIpc) is 2.89. The predicted molar refractivity (Wildman–Crippen MR) is 138 cm³/mol. The number of amides is 2. The Labute approximate surface area is 208 Å². The minimum absolute atomic E-state index is 0.320. The highest BCUT2D eigenvalue weighted by molar-refractivity contribution is 5.92. The van der Waals surface area contributed by atoms with Gasteiger partial charge in [0.1, 0.15) is 11.6 Å². The molecule has 0 spiro atoms. The molecule has 0 aliphatic carbocycles. The zero-order valence-electron chi connectivity index (χ0n) is 19.7. The van der Waals surface area contributed by atoms with E-state index in [4.69, 9.17) is 4.74 Å². The molecule has 1 heterocycles. The van der Waals surface area contributed by atoms with Crippen LogP contribution in [-0.2, 0) is 4.74 Å². The van der Waals surface area contributed by atoms with Gasteiger partial charge in [-0.2, -0.15) is 0 Å². The molecular weight excluding hydrogens is 464 g/mol. The van der Waals surface area contributed by atoms with E-state index in [1.54, 1.807) is 54.9 Å². The molecule has 3 aromatic carbocycles. The number of nitrogens with one attached hydrogen (secondary N) is 2. The van der Waals surface area contributed by atoms with Crippen LogP contribution in [0.3, 0.4) is 0 Å². The summed E-state index contributed by atoms with van der Waals surface area (Å²) in [6.45, 7) is 4.41. The van der Waals surface area contributed by atoms with Gasteiger partial charge in [0.25, 0.3) is 0 Å². The first kappa shape index (κ1) is 25.2. The Morgan fingerprint density at radius 3 is 2.06 bits per heavy atom. The van der Waals surface area contributed by atoms with Gasteiger partial charge in [0.05, 0.1) is 24.6 Å². The van der Waals surface area contributed by atoms with Gasteiger partial charge in [-0.3, -0.25) is 14.9 Å². The van der Waals surface area contributed by atoms with Crippen molar-refractivity contribution in [3.63, 3.8) is 0 Å². The molecule has 36 heavy (non-hydrogen) atoms. The van der Waals surface area contributed by atoms with E-state index in [9.17, 15) is 13.6 Å². The smallest absolute Gasteiger partial charge is 0.319 e. The Bertz CT molecular complexity index is 1210.